The van der Waals surface area contributed by atoms with Crippen LogP contribution in [0.2, 0.25) is 5.02 Å². The molecule has 0 aliphatic carbocycles. The number of nitrogens with one attached hydrogen (secondary N) is 1. The van der Waals surface area contributed by atoms with Crippen LogP contribution in [-0.4, -0.2) is 34.6 Å². The molecular weight excluding hydrogens is 428 g/mol. The minimum atomic E-state index is -0.487. The van der Waals surface area contributed by atoms with Crippen molar-refractivity contribution in [2.45, 2.75) is 64.9 Å². The van der Waals surface area contributed by atoms with E-state index in [0.29, 0.717) is 23.7 Å². The normalized spacial score (nSPS) is 12.8. The Morgan fingerprint density at radius 1 is 1.00 bits per heavy atom. The molecule has 168 valence electrons. The van der Waals surface area contributed by atoms with Gasteiger partial charge in [-0.25, -0.2) is 0 Å². The molecule has 0 saturated heterocycles. The zero-order valence-corrected chi connectivity index (χ0v) is 20.4. The Bertz CT molecular complexity index is 840. The van der Waals surface area contributed by atoms with E-state index in [1.807, 2.05) is 76.2 Å². The molecule has 0 aliphatic rings. The quantitative estimate of drug-likeness (QED) is 0.474. The van der Waals surface area contributed by atoms with Gasteiger partial charge in [0.05, 0.1) is 5.75 Å². The third-order valence-electron chi connectivity index (χ3n) is 5.27. The average Bonchev–Trinajstić information content (AvgIpc) is 2.76. The highest BCUT2D eigenvalue weighted by Gasteiger charge is 2.29. The van der Waals surface area contributed by atoms with Gasteiger partial charge in [-0.2, -0.15) is 0 Å². The summed E-state index contributed by atoms with van der Waals surface area (Å²) in [4.78, 5) is 27.9. The summed E-state index contributed by atoms with van der Waals surface area (Å²) in [5, 5.41) is 3.75. The number of halogens is 1. The van der Waals surface area contributed by atoms with Crippen LogP contribution in [-0.2, 0) is 21.9 Å². The number of thioether (sulfide) groups is 1. The van der Waals surface area contributed by atoms with Crippen LogP contribution in [0.5, 0.6) is 0 Å². The molecule has 2 aromatic rings. The Morgan fingerprint density at radius 2 is 1.61 bits per heavy atom. The molecule has 4 nitrogen and oxygen atoms in total. The maximum absolute atomic E-state index is 13.2. The molecule has 2 atom stereocenters. The second-order valence-corrected chi connectivity index (χ2v) is 9.29. The molecule has 0 fully saturated rings. The Labute approximate surface area is 195 Å². The smallest absolute Gasteiger partial charge is 0.243 e. The van der Waals surface area contributed by atoms with E-state index in [-0.39, 0.29) is 17.9 Å². The fraction of sp³-hybridized carbons (Fsp3) is 0.440. The average molecular weight is 461 g/mol. The van der Waals surface area contributed by atoms with Crippen molar-refractivity contribution in [3.8, 4) is 0 Å². The van der Waals surface area contributed by atoms with Gasteiger partial charge in [-0.1, -0.05) is 67.4 Å². The van der Waals surface area contributed by atoms with Crippen molar-refractivity contribution in [3.05, 3.63) is 70.2 Å². The van der Waals surface area contributed by atoms with Gasteiger partial charge in [0.1, 0.15) is 6.04 Å². The molecule has 0 radical (unpaired) electrons. The molecule has 2 aromatic carbocycles. The van der Waals surface area contributed by atoms with Crippen LogP contribution in [0, 0.1) is 6.92 Å². The number of nitrogens with zero attached hydrogens (tertiary/aromatic N) is 1. The van der Waals surface area contributed by atoms with Gasteiger partial charge in [0.25, 0.3) is 0 Å². The maximum atomic E-state index is 13.2. The predicted octanol–water partition coefficient (Wildman–Crippen LogP) is 5.60. The highest BCUT2D eigenvalue weighted by Crippen LogP contribution is 2.19. The number of carbonyl (C=O) groups is 2. The van der Waals surface area contributed by atoms with Crippen molar-refractivity contribution in [3.63, 3.8) is 0 Å². The zero-order valence-electron chi connectivity index (χ0n) is 18.9. The van der Waals surface area contributed by atoms with E-state index in [9.17, 15) is 9.59 Å². The lowest BCUT2D eigenvalue weighted by Crippen LogP contribution is -2.51. The Balaban J connectivity index is 2.12. The van der Waals surface area contributed by atoms with Crippen molar-refractivity contribution in [1.82, 2.24) is 10.2 Å². The van der Waals surface area contributed by atoms with Gasteiger partial charge in [-0.05, 0) is 49.9 Å². The maximum Gasteiger partial charge on any atom is 0.243 e. The largest absolute Gasteiger partial charge is 0.352 e. The van der Waals surface area contributed by atoms with E-state index in [1.54, 1.807) is 16.7 Å². The summed E-state index contributed by atoms with van der Waals surface area (Å²) in [6.07, 6.45) is 1.42. The molecule has 0 saturated carbocycles. The summed E-state index contributed by atoms with van der Waals surface area (Å²) in [6, 6.07) is 15.4. The van der Waals surface area contributed by atoms with E-state index in [2.05, 4.69) is 5.32 Å². The first-order valence-electron chi connectivity index (χ1n) is 10.8. The first kappa shape index (κ1) is 25.3. The summed E-state index contributed by atoms with van der Waals surface area (Å²) in [5.74, 6) is 0.935. The third-order valence-corrected chi connectivity index (χ3v) is 6.51. The molecule has 1 N–H and O–H groups in total. The van der Waals surface area contributed by atoms with Gasteiger partial charge in [-0.3, -0.25) is 9.59 Å². The van der Waals surface area contributed by atoms with Crippen molar-refractivity contribution in [1.29, 1.82) is 0 Å². The number of hydrogen-bond acceptors (Lipinski definition) is 3. The SMILES string of the molecule is CC[C@H](C)NC(=O)[C@H](CC)N(Cc1ccc(C)cc1)C(=O)CSCc1ccc(Cl)cc1. The molecule has 0 unspecified atom stereocenters. The van der Waals surface area contributed by atoms with Crippen LogP contribution in [0.1, 0.15) is 50.3 Å². The van der Waals surface area contributed by atoms with Crippen molar-refractivity contribution in [2.24, 2.45) is 0 Å². The first-order chi connectivity index (χ1) is 14.8. The summed E-state index contributed by atoms with van der Waals surface area (Å²) >= 11 is 7.50. The lowest BCUT2D eigenvalue weighted by atomic mass is 10.1. The molecule has 2 rings (SSSR count). The second kappa shape index (κ2) is 12.8. The minimum Gasteiger partial charge on any atom is -0.352 e. The summed E-state index contributed by atoms with van der Waals surface area (Å²) in [5.41, 5.74) is 3.31. The standard InChI is InChI=1S/C25H33ClN2O2S/c1-5-19(4)27-25(30)23(6-2)28(15-20-9-7-18(3)8-10-20)24(29)17-31-16-21-11-13-22(26)14-12-21/h7-14,19,23H,5-6,15-17H2,1-4H3,(H,27,30)/t19-,23-/m0/s1. The molecule has 31 heavy (non-hydrogen) atoms. The van der Waals surface area contributed by atoms with Gasteiger partial charge < -0.3 is 10.2 Å². The topological polar surface area (TPSA) is 49.4 Å². The van der Waals surface area contributed by atoms with E-state index >= 15 is 0 Å². The van der Waals surface area contributed by atoms with Crippen molar-refractivity contribution >= 4 is 35.2 Å². The molecule has 6 heteroatoms. The minimum absolute atomic E-state index is 0.0225. The lowest BCUT2D eigenvalue weighted by Gasteiger charge is -2.31. The molecule has 0 spiro atoms. The molecule has 0 aliphatic heterocycles. The highest BCUT2D eigenvalue weighted by molar-refractivity contribution is 7.99. The Morgan fingerprint density at radius 3 is 2.19 bits per heavy atom. The molecule has 2 amide bonds. The van der Waals surface area contributed by atoms with E-state index in [4.69, 9.17) is 11.6 Å². The van der Waals surface area contributed by atoms with Crippen LogP contribution in [0.4, 0.5) is 0 Å². The van der Waals surface area contributed by atoms with Crippen LogP contribution < -0.4 is 5.32 Å². The second-order valence-electron chi connectivity index (χ2n) is 7.87. The van der Waals surface area contributed by atoms with Crippen LogP contribution in [0.3, 0.4) is 0 Å². The van der Waals surface area contributed by atoms with E-state index < -0.39 is 6.04 Å². The number of aryl methyl sites for hydroxylation is 1. The number of carbonyl (C=O) groups excluding carboxylic acids is 2. The molecule has 0 bridgehead atoms. The molecule has 0 heterocycles. The first-order valence-corrected chi connectivity index (χ1v) is 12.3. The van der Waals surface area contributed by atoms with Crippen LogP contribution in [0.15, 0.2) is 48.5 Å². The van der Waals surface area contributed by atoms with Gasteiger partial charge >= 0.3 is 0 Å². The fourth-order valence-electron chi connectivity index (χ4n) is 3.17. The number of amides is 2. The monoisotopic (exact) mass is 460 g/mol. The summed E-state index contributed by atoms with van der Waals surface area (Å²) < 4.78 is 0. The van der Waals surface area contributed by atoms with E-state index in [0.717, 1.165) is 23.3 Å². The van der Waals surface area contributed by atoms with Crippen molar-refractivity contribution in [2.75, 3.05) is 5.75 Å². The Kier molecular flexibility index (Phi) is 10.4. The molecular formula is C25H33ClN2O2S. The van der Waals surface area contributed by atoms with Crippen LogP contribution >= 0.6 is 23.4 Å². The van der Waals surface area contributed by atoms with Gasteiger partial charge in [0.2, 0.25) is 11.8 Å². The third kappa shape index (κ3) is 8.23. The van der Waals surface area contributed by atoms with Gasteiger partial charge in [0.15, 0.2) is 0 Å². The highest BCUT2D eigenvalue weighted by atomic mass is 35.5. The van der Waals surface area contributed by atoms with Gasteiger partial charge in [-0.15, -0.1) is 11.8 Å². The summed E-state index contributed by atoms with van der Waals surface area (Å²) in [6.45, 7) is 8.44. The summed E-state index contributed by atoms with van der Waals surface area (Å²) in [7, 11) is 0. The van der Waals surface area contributed by atoms with E-state index in [1.165, 1.54) is 5.56 Å². The lowest BCUT2D eigenvalue weighted by molar-refractivity contribution is -0.139. The number of hydrogen-bond donors (Lipinski definition) is 1. The van der Waals surface area contributed by atoms with Crippen molar-refractivity contribution < 1.29 is 9.59 Å². The molecule has 0 aromatic heterocycles. The predicted molar refractivity (Wildman–Crippen MR) is 131 cm³/mol. The number of benzene rings is 2. The van der Waals surface area contributed by atoms with Crippen LogP contribution in [0.25, 0.3) is 0 Å². The Hall–Kier alpha value is -1.98. The number of rotatable bonds is 11. The zero-order chi connectivity index (χ0) is 22.8. The fourth-order valence-corrected chi connectivity index (χ4v) is 4.17. The van der Waals surface area contributed by atoms with Gasteiger partial charge in [0, 0.05) is 23.4 Å².